The van der Waals surface area contributed by atoms with Crippen molar-refractivity contribution in [2.45, 2.75) is 17.2 Å². The van der Waals surface area contributed by atoms with Gasteiger partial charge in [0, 0.05) is 0 Å². The van der Waals surface area contributed by atoms with Crippen molar-refractivity contribution in [2.24, 2.45) is 5.14 Å². The van der Waals surface area contributed by atoms with E-state index in [1.54, 1.807) is 0 Å². The van der Waals surface area contributed by atoms with Crippen molar-refractivity contribution in [1.82, 2.24) is 0 Å². The third-order valence-electron chi connectivity index (χ3n) is 2.01. The molecule has 0 spiro atoms. The van der Waals surface area contributed by atoms with E-state index in [4.69, 9.17) is 5.11 Å². The molecule has 0 aromatic heterocycles. The third-order valence-corrected chi connectivity index (χ3v) is 2.99. The van der Waals surface area contributed by atoms with Crippen LogP contribution in [0.3, 0.4) is 0 Å². The van der Waals surface area contributed by atoms with Crippen molar-refractivity contribution in [1.29, 1.82) is 0 Å². The van der Waals surface area contributed by atoms with Crippen LogP contribution in [0.2, 0.25) is 0 Å². The number of hydrogen-bond donors (Lipinski definition) is 2. The van der Waals surface area contributed by atoms with Gasteiger partial charge in [-0.2, -0.15) is 26.3 Å². The summed E-state index contributed by atoms with van der Waals surface area (Å²) in [5.74, 6) is -1.51. The minimum Gasteiger partial charge on any atom is -0.507 e. The largest absolute Gasteiger partial charge is 0.507 e. The molecule has 0 aliphatic heterocycles. The second kappa shape index (κ2) is 4.27. The maximum Gasteiger partial charge on any atom is 0.418 e. The zero-order valence-corrected chi connectivity index (χ0v) is 9.49. The predicted molar refractivity (Wildman–Crippen MR) is 49.5 cm³/mol. The second-order valence-electron chi connectivity index (χ2n) is 3.38. The van der Waals surface area contributed by atoms with Gasteiger partial charge in [-0.3, -0.25) is 0 Å². The van der Waals surface area contributed by atoms with Crippen molar-refractivity contribution >= 4 is 10.0 Å². The predicted octanol–water partition coefficient (Wildman–Crippen LogP) is 2.08. The number of alkyl halides is 6. The van der Waals surface area contributed by atoms with E-state index < -0.39 is 44.1 Å². The molecule has 1 aromatic rings. The summed E-state index contributed by atoms with van der Waals surface area (Å²) in [4.78, 5) is -2.00. The summed E-state index contributed by atoms with van der Waals surface area (Å²) in [7, 11) is -5.20. The molecular weight excluding hydrogens is 304 g/mol. The van der Waals surface area contributed by atoms with E-state index in [0.29, 0.717) is 0 Å². The van der Waals surface area contributed by atoms with Gasteiger partial charge in [0.05, 0.1) is 11.1 Å². The fourth-order valence-corrected chi connectivity index (χ4v) is 2.25. The minimum absolute atomic E-state index is 0.0766. The van der Waals surface area contributed by atoms with Gasteiger partial charge in [-0.05, 0) is 12.1 Å². The molecule has 0 fully saturated rings. The number of nitrogens with two attached hydrogens (primary N) is 1. The van der Waals surface area contributed by atoms with Crippen LogP contribution < -0.4 is 5.14 Å². The highest BCUT2D eigenvalue weighted by Gasteiger charge is 2.47. The summed E-state index contributed by atoms with van der Waals surface area (Å²) in [6.07, 6.45) is -11.1. The van der Waals surface area contributed by atoms with E-state index in [1.807, 2.05) is 0 Å². The van der Waals surface area contributed by atoms with Crippen LogP contribution in [-0.2, 0) is 22.4 Å². The number of primary sulfonamides is 1. The highest BCUT2D eigenvalue weighted by molar-refractivity contribution is 7.89. The summed E-state index contributed by atoms with van der Waals surface area (Å²) in [6.45, 7) is 0. The molecule has 1 rings (SSSR count). The Morgan fingerprint density at radius 2 is 1.47 bits per heavy atom. The fraction of sp³-hybridized carbons (Fsp3) is 0.250. The van der Waals surface area contributed by atoms with E-state index in [0.717, 1.165) is 0 Å². The summed E-state index contributed by atoms with van der Waals surface area (Å²) in [5.41, 5.74) is -4.79. The van der Waals surface area contributed by atoms with Crippen molar-refractivity contribution in [2.75, 3.05) is 0 Å². The number of aromatic hydroxyl groups is 1. The molecule has 0 radical (unpaired) electrons. The minimum atomic E-state index is -5.66. The molecule has 19 heavy (non-hydrogen) atoms. The highest BCUT2D eigenvalue weighted by Crippen LogP contribution is 2.45. The summed E-state index contributed by atoms with van der Waals surface area (Å²) in [5, 5.41) is 13.5. The first-order valence-corrected chi connectivity index (χ1v) is 5.84. The van der Waals surface area contributed by atoms with Crippen LogP contribution in [0.4, 0.5) is 26.3 Å². The standard InChI is InChI=1S/C8H5F6NO3S/c9-7(10,11)3-1-2-4(16)6(19(15,17)18)5(3)8(12,13)14/h1-2,16H,(H2,15,17,18). The SMILES string of the molecule is NS(=O)(=O)c1c(O)ccc(C(F)(F)F)c1C(F)(F)F. The zero-order chi connectivity index (χ0) is 15.2. The van der Waals surface area contributed by atoms with E-state index in [2.05, 4.69) is 5.14 Å². The molecular formula is C8H5F6NO3S. The van der Waals surface area contributed by atoms with Crippen LogP contribution in [0.5, 0.6) is 5.75 Å². The second-order valence-corrected chi connectivity index (χ2v) is 4.88. The Kier molecular flexibility index (Phi) is 3.50. The molecule has 0 unspecified atom stereocenters. The van der Waals surface area contributed by atoms with Crippen LogP contribution in [0.1, 0.15) is 11.1 Å². The van der Waals surface area contributed by atoms with Crippen LogP contribution in [0.25, 0.3) is 0 Å². The van der Waals surface area contributed by atoms with Gasteiger partial charge >= 0.3 is 12.4 Å². The van der Waals surface area contributed by atoms with Crippen LogP contribution in [0.15, 0.2) is 17.0 Å². The number of halogens is 6. The van der Waals surface area contributed by atoms with Gasteiger partial charge in [-0.25, -0.2) is 13.6 Å². The molecule has 4 nitrogen and oxygen atoms in total. The molecule has 0 saturated heterocycles. The maximum absolute atomic E-state index is 12.6. The molecule has 0 amide bonds. The molecule has 11 heteroatoms. The van der Waals surface area contributed by atoms with E-state index in [1.165, 1.54) is 0 Å². The van der Waals surface area contributed by atoms with Crippen molar-refractivity contribution < 1.29 is 39.9 Å². The Morgan fingerprint density at radius 1 is 1.00 bits per heavy atom. The number of sulfonamides is 1. The lowest BCUT2D eigenvalue weighted by Gasteiger charge is -2.18. The molecule has 0 aliphatic rings. The number of phenols is 1. The first kappa shape index (κ1) is 15.6. The van der Waals surface area contributed by atoms with Gasteiger partial charge in [0.15, 0.2) is 0 Å². The lowest BCUT2D eigenvalue weighted by Crippen LogP contribution is -2.24. The van der Waals surface area contributed by atoms with Crippen LogP contribution in [0, 0.1) is 0 Å². The molecule has 1 aromatic carbocycles. The first-order valence-electron chi connectivity index (χ1n) is 4.29. The summed E-state index contributed by atoms with van der Waals surface area (Å²) < 4.78 is 97.1. The Labute approximate surface area is 102 Å². The monoisotopic (exact) mass is 309 g/mol. The third kappa shape index (κ3) is 3.10. The van der Waals surface area contributed by atoms with Gasteiger partial charge in [0.25, 0.3) is 0 Å². The fourth-order valence-electron chi connectivity index (χ4n) is 1.38. The number of hydrogen-bond acceptors (Lipinski definition) is 3. The van der Waals surface area contributed by atoms with Crippen molar-refractivity contribution in [3.8, 4) is 5.75 Å². The molecule has 0 atom stereocenters. The van der Waals surface area contributed by atoms with Gasteiger partial charge in [-0.15, -0.1) is 0 Å². The smallest absolute Gasteiger partial charge is 0.418 e. The molecule has 0 saturated carbocycles. The Morgan fingerprint density at radius 3 is 1.79 bits per heavy atom. The molecule has 0 aliphatic carbocycles. The maximum atomic E-state index is 12.6. The van der Waals surface area contributed by atoms with Crippen molar-refractivity contribution in [3.63, 3.8) is 0 Å². The van der Waals surface area contributed by atoms with Gasteiger partial charge < -0.3 is 5.11 Å². The van der Waals surface area contributed by atoms with Crippen LogP contribution >= 0.6 is 0 Å². The Bertz CT molecular complexity index is 604. The van der Waals surface area contributed by atoms with Crippen molar-refractivity contribution in [3.05, 3.63) is 23.3 Å². The number of rotatable bonds is 1. The van der Waals surface area contributed by atoms with Gasteiger partial charge in [-0.1, -0.05) is 0 Å². The average molecular weight is 309 g/mol. The molecule has 3 N–H and O–H groups in total. The number of phenolic OH excluding ortho intramolecular Hbond substituents is 1. The molecule has 108 valence electrons. The van der Waals surface area contributed by atoms with E-state index in [-0.39, 0.29) is 12.1 Å². The molecule has 0 bridgehead atoms. The van der Waals surface area contributed by atoms with E-state index in [9.17, 15) is 34.8 Å². The summed E-state index contributed by atoms with van der Waals surface area (Å²) in [6, 6.07) is 0.102. The topological polar surface area (TPSA) is 80.4 Å². The highest BCUT2D eigenvalue weighted by atomic mass is 32.2. The summed E-state index contributed by atoms with van der Waals surface area (Å²) >= 11 is 0. The normalized spacial score (nSPS) is 13.6. The Hall–Kier alpha value is -1.49. The van der Waals surface area contributed by atoms with Crippen LogP contribution in [-0.4, -0.2) is 13.5 Å². The number of benzene rings is 1. The lowest BCUT2D eigenvalue weighted by atomic mass is 10.1. The zero-order valence-electron chi connectivity index (χ0n) is 8.67. The Balaban J connectivity index is 3.94. The van der Waals surface area contributed by atoms with Gasteiger partial charge in [0.1, 0.15) is 10.6 Å². The lowest BCUT2D eigenvalue weighted by molar-refractivity contribution is -0.163. The quantitative estimate of drug-likeness (QED) is 0.779. The van der Waals surface area contributed by atoms with E-state index >= 15 is 0 Å². The van der Waals surface area contributed by atoms with Gasteiger partial charge in [0.2, 0.25) is 10.0 Å². The average Bonchev–Trinajstić information content (AvgIpc) is 2.11. The first-order chi connectivity index (χ1) is 8.26. The molecule has 0 heterocycles.